The van der Waals surface area contributed by atoms with Crippen molar-refractivity contribution in [2.75, 3.05) is 5.32 Å². The molecule has 0 atom stereocenters. The third-order valence-electron chi connectivity index (χ3n) is 3.28. The molecule has 7 nitrogen and oxygen atoms in total. The molecule has 0 fully saturated rings. The third-order valence-corrected chi connectivity index (χ3v) is 3.28. The van der Waals surface area contributed by atoms with Gasteiger partial charge in [-0.3, -0.25) is 0 Å². The van der Waals surface area contributed by atoms with Gasteiger partial charge in [0.2, 0.25) is 0 Å². The third kappa shape index (κ3) is 4.10. The first-order valence-corrected chi connectivity index (χ1v) is 7.43. The number of nitrogens with two attached hydrogens (primary N) is 1. The Bertz CT molecular complexity index is 828. The fourth-order valence-corrected chi connectivity index (χ4v) is 2.06. The van der Waals surface area contributed by atoms with Crippen LogP contribution < -0.4 is 15.8 Å². The summed E-state index contributed by atoms with van der Waals surface area (Å²) >= 11 is 0. The molecule has 3 rings (SSSR count). The number of hydrogen-bond acceptors (Lipinski definition) is 4. The Morgan fingerprint density at radius 3 is 2.71 bits per heavy atom. The van der Waals surface area contributed by atoms with Gasteiger partial charge in [0.25, 0.3) is 0 Å². The van der Waals surface area contributed by atoms with E-state index in [0.717, 1.165) is 17.3 Å². The zero-order valence-corrected chi connectivity index (χ0v) is 13.3. The number of aryl methyl sites for hydroxylation is 1. The number of guanidine groups is 1. The van der Waals surface area contributed by atoms with Crippen molar-refractivity contribution in [2.24, 2.45) is 17.8 Å². The summed E-state index contributed by atoms with van der Waals surface area (Å²) < 4.78 is 7.59. The molecule has 0 aliphatic heterocycles. The molecular formula is C17H18N6O. The van der Waals surface area contributed by atoms with Crippen LogP contribution in [0.1, 0.15) is 5.82 Å². The van der Waals surface area contributed by atoms with Crippen LogP contribution in [-0.2, 0) is 13.6 Å². The number of para-hydroxylation sites is 1. The highest BCUT2D eigenvalue weighted by atomic mass is 16.5. The maximum Gasteiger partial charge on any atom is 0.193 e. The summed E-state index contributed by atoms with van der Waals surface area (Å²) in [6.45, 7) is 0.357. The average Bonchev–Trinajstić information content (AvgIpc) is 2.99. The summed E-state index contributed by atoms with van der Waals surface area (Å²) in [6, 6.07) is 17.1. The molecule has 0 unspecified atom stereocenters. The van der Waals surface area contributed by atoms with E-state index < -0.39 is 0 Å². The number of ether oxygens (including phenoxy) is 1. The van der Waals surface area contributed by atoms with Gasteiger partial charge >= 0.3 is 0 Å². The van der Waals surface area contributed by atoms with Gasteiger partial charge in [0.1, 0.15) is 24.4 Å². The van der Waals surface area contributed by atoms with Crippen molar-refractivity contribution in [1.29, 1.82) is 0 Å². The minimum atomic E-state index is 0.301. The van der Waals surface area contributed by atoms with Gasteiger partial charge in [0.15, 0.2) is 11.8 Å². The molecule has 0 bridgehead atoms. The van der Waals surface area contributed by atoms with Gasteiger partial charge in [0, 0.05) is 18.8 Å². The number of nitrogens with zero attached hydrogens (tertiary/aromatic N) is 4. The number of anilines is 1. The molecule has 1 aromatic heterocycles. The van der Waals surface area contributed by atoms with Crippen molar-refractivity contribution in [1.82, 2.24) is 14.8 Å². The predicted molar refractivity (Wildman–Crippen MR) is 92.9 cm³/mol. The molecule has 0 saturated heterocycles. The summed E-state index contributed by atoms with van der Waals surface area (Å²) in [5.74, 6) is 2.53. The van der Waals surface area contributed by atoms with Crippen molar-refractivity contribution in [3.05, 3.63) is 66.7 Å². The van der Waals surface area contributed by atoms with E-state index in [1.807, 2.05) is 61.6 Å². The van der Waals surface area contributed by atoms with Gasteiger partial charge < -0.3 is 20.4 Å². The fraction of sp³-hybridized carbons (Fsp3) is 0.118. The highest BCUT2D eigenvalue weighted by Gasteiger charge is 2.02. The van der Waals surface area contributed by atoms with Crippen LogP contribution in [0.15, 0.2) is 65.9 Å². The molecule has 2 aromatic carbocycles. The highest BCUT2D eigenvalue weighted by molar-refractivity contribution is 5.92. The second-order valence-electron chi connectivity index (χ2n) is 5.13. The lowest BCUT2D eigenvalue weighted by Crippen LogP contribution is -2.22. The molecule has 7 heteroatoms. The molecule has 0 aliphatic carbocycles. The second-order valence-corrected chi connectivity index (χ2v) is 5.13. The van der Waals surface area contributed by atoms with E-state index in [1.54, 1.807) is 10.9 Å². The SMILES string of the molecule is Cn1cnnc1CN=C(N)Nc1cccc(Oc2ccccc2)c1. The number of aliphatic imine (C=N–C) groups is 1. The molecule has 0 saturated carbocycles. The normalized spacial score (nSPS) is 11.3. The van der Waals surface area contributed by atoms with Crippen molar-refractivity contribution in [3.63, 3.8) is 0 Å². The summed E-state index contributed by atoms with van der Waals surface area (Å²) in [5.41, 5.74) is 6.71. The lowest BCUT2D eigenvalue weighted by molar-refractivity contribution is 0.483. The van der Waals surface area contributed by atoms with Crippen molar-refractivity contribution >= 4 is 11.6 Å². The van der Waals surface area contributed by atoms with E-state index in [1.165, 1.54) is 0 Å². The zero-order chi connectivity index (χ0) is 16.8. The Kier molecular flexibility index (Phi) is 4.71. The van der Waals surface area contributed by atoms with E-state index in [-0.39, 0.29) is 0 Å². The Morgan fingerprint density at radius 1 is 1.17 bits per heavy atom. The van der Waals surface area contributed by atoms with E-state index in [4.69, 9.17) is 10.5 Å². The van der Waals surface area contributed by atoms with Crippen LogP contribution in [0.25, 0.3) is 0 Å². The molecule has 3 aromatic rings. The molecule has 24 heavy (non-hydrogen) atoms. The second kappa shape index (κ2) is 7.28. The average molecular weight is 322 g/mol. The van der Waals surface area contributed by atoms with Crippen molar-refractivity contribution in [3.8, 4) is 11.5 Å². The standard InChI is InChI=1S/C17H18N6O/c1-23-12-20-22-16(23)11-19-17(18)21-13-6-5-9-15(10-13)24-14-7-3-2-4-8-14/h2-10,12H,11H2,1H3,(H3,18,19,21). The first kappa shape index (κ1) is 15.5. The molecule has 0 spiro atoms. The van der Waals surface area contributed by atoms with Gasteiger partial charge in [-0.15, -0.1) is 10.2 Å². The van der Waals surface area contributed by atoms with Gasteiger partial charge in [-0.2, -0.15) is 0 Å². The largest absolute Gasteiger partial charge is 0.457 e. The van der Waals surface area contributed by atoms with Crippen LogP contribution >= 0.6 is 0 Å². The van der Waals surface area contributed by atoms with Crippen LogP contribution in [0.2, 0.25) is 0 Å². The Hall–Kier alpha value is -3.35. The van der Waals surface area contributed by atoms with Crippen LogP contribution in [0.3, 0.4) is 0 Å². The van der Waals surface area contributed by atoms with E-state index in [2.05, 4.69) is 20.5 Å². The molecule has 1 heterocycles. The van der Waals surface area contributed by atoms with Gasteiger partial charge in [0.05, 0.1) is 0 Å². The number of nitrogens with one attached hydrogen (secondary N) is 1. The minimum absolute atomic E-state index is 0.301. The van der Waals surface area contributed by atoms with Gasteiger partial charge in [-0.25, -0.2) is 4.99 Å². The first-order chi connectivity index (χ1) is 11.7. The highest BCUT2D eigenvalue weighted by Crippen LogP contribution is 2.23. The smallest absolute Gasteiger partial charge is 0.193 e. The van der Waals surface area contributed by atoms with Crippen molar-refractivity contribution in [2.45, 2.75) is 6.54 Å². The molecule has 0 aliphatic rings. The number of benzene rings is 2. The quantitative estimate of drug-likeness (QED) is 0.556. The summed E-state index contributed by atoms with van der Waals surface area (Å²) in [5, 5.41) is 10.8. The molecule has 0 radical (unpaired) electrons. The lowest BCUT2D eigenvalue weighted by atomic mass is 10.3. The first-order valence-electron chi connectivity index (χ1n) is 7.43. The summed E-state index contributed by atoms with van der Waals surface area (Å²) in [4.78, 5) is 4.26. The van der Waals surface area contributed by atoms with Crippen LogP contribution in [-0.4, -0.2) is 20.7 Å². The fourth-order valence-electron chi connectivity index (χ4n) is 2.06. The Balaban J connectivity index is 1.64. The van der Waals surface area contributed by atoms with Gasteiger partial charge in [-0.1, -0.05) is 24.3 Å². The van der Waals surface area contributed by atoms with E-state index in [0.29, 0.717) is 18.3 Å². The monoisotopic (exact) mass is 322 g/mol. The maximum absolute atomic E-state index is 5.92. The zero-order valence-electron chi connectivity index (χ0n) is 13.3. The molecule has 122 valence electrons. The number of aromatic nitrogens is 3. The number of hydrogen-bond donors (Lipinski definition) is 2. The molecular weight excluding hydrogens is 304 g/mol. The van der Waals surface area contributed by atoms with E-state index >= 15 is 0 Å². The molecule has 0 amide bonds. The van der Waals surface area contributed by atoms with Crippen LogP contribution in [0, 0.1) is 0 Å². The van der Waals surface area contributed by atoms with E-state index in [9.17, 15) is 0 Å². The summed E-state index contributed by atoms with van der Waals surface area (Å²) in [7, 11) is 1.86. The topological polar surface area (TPSA) is 90.4 Å². The van der Waals surface area contributed by atoms with Gasteiger partial charge in [-0.05, 0) is 24.3 Å². The minimum Gasteiger partial charge on any atom is -0.457 e. The predicted octanol–water partition coefficient (Wildman–Crippen LogP) is 2.53. The van der Waals surface area contributed by atoms with Crippen molar-refractivity contribution < 1.29 is 4.74 Å². The van der Waals surface area contributed by atoms with Crippen LogP contribution in [0.4, 0.5) is 5.69 Å². The number of rotatable bonds is 5. The van der Waals surface area contributed by atoms with Crippen LogP contribution in [0.5, 0.6) is 11.5 Å². The Labute approximate surface area is 139 Å². The lowest BCUT2D eigenvalue weighted by Gasteiger charge is -2.09. The maximum atomic E-state index is 5.92. The Morgan fingerprint density at radius 2 is 1.96 bits per heavy atom. The molecule has 3 N–H and O–H groups in total. The summed E-state index contributed by atoms with van der Waals surface area (Å²) in [6.07, 6.45) is 1.62.